The summed E-state index contributed by atoms with van der Waals surface area (Å²) in [5.74, 6) is -0.600. The first-order valence-corrected chi connectivity index (χ1v) is 10.7. The van der Waals surface area contributed by atoms with E-state index in [2.05, 4.69) is 46.8 Å². The molecule has 31 heavy (non-hydrogen) atoms. The predicted molar refractivity (Wildman–Crippen MR) is 120 cm³/mol. The minimum atomic E-state index is -0.882. The van der Waals surface area contributed by atoms with Crippen molar-refractivity contribution in [1.29, 1.82) is 0 Å². The van der Waals surface area contributed by atoms with E-state index in [1.807, 2.05) is 24.3 Å². The number of anilines is 2. The Morgan fingerprint density at radius 1 is 1.10 bits per heavy atom. The van der Waals surface area contributed by atoms with Gasteiger partial charge in [-0.1, -0.05) is 27.5 Å². The highest BCUT2D eigenvalue weighted by Crippen LogP contribution is 2.36. The lowest BCUT2D eigenvalue weighted by molar-refractivity contribution is -0.124. The molecule has 2 amide bonds. The van der Waals surface area contributed by atoms with Gasteiger partial charge in [0.15, 0.2) is 0 Å². The number of nitrogens with one attached hydrogen (secondary N) is 3. The highest BCUT2D eigenvalue weighted by atomic mass is 79.9. The maximum absolute atomic E-state index is 12.6. The zero-order valence-corrected chi connectivity index (χ0v) is 18.6. The Morgan fingerprint density at radius 3 is 2.52 bits per heavy atom. The topological polar surface area (TPSA) is 109 Å². The average molecular weight is 502 g/mol. The Balaban J connectivity index is 1.31. The maximum atomic E-state index is 12.6. The van der Waals surface area contributed by atoms with Crippen LogP contribution < -0.4 is 16.0 Å². The van der Waals surface area contributed by atoms with Gasteiger partial charge in [0.25, 0.3) is 5.91 Å². The van der Waals surface area contributed by atoms with Gasteiger partial charge in [0, 0.05) is 16.9 Å². The van der Waals surface area contributed by atoms with Crippen LogP contribution >= 0.6 is 27.5 Å². The number of carbonyl (C=O) groups is 2. The van der Waals surface area contributed by atoms with E-state index in [-0.39, 0.29) is 18.4 Å². The molecule has 0 atom stereocenters. The van der Waals surface area contributed by atoms with Gasteiger partial charge in [-0.25, -0.2) is 9.97 Å². The summed E-state index contributed by atoms with van der Waals surface area (Å²) in [6, 6.07) is 9.23. The summed E-state index contributed by atoms with van der Waals surface area (Å²) in [5.41, 5.74) is 1.67. The summed E-state index contributed by atoms with van der Waals surface area (Å²) < 4.78 is 0.897. The molecular weight excluding hydrogens is 484 g/mol. The van der Waals surface area contributed by atoms with Crippen LogP contribution in [0, 0.1) is 0 Å². The second-order valence-electron chi connectivity index (χ2n) is 7.13. The first-order chi connectivity index (χ1) is 14.9. The molecule has 1 aromatic carbocycles. The fraction of sp³-hybridized carbons (Fsp3) is 0.190. The summed E-state index contributed by atoms with van der Waals surface area (Å²) in [6.07, 6.45) is 7.02. The summed E-state index contributed by atoms with van der Waals surface area (Å²) in [5, 5.41) is 9.43. The Morgan fingerprint density at radius 2 is 1.87 bits per heavy atom. The molecule has 1 aliphatic rings. The van der Waals surface area contributed by atoms with Gasteiger partial charge in [0.05, 0.1) is 40.4 Å². The molecule has 1 saturated carbocycles. The molecule has 3 N–H and O–H groups in total. The zero-order valence-electron chi connectivity index (χ0n) is 16.2. The number of benzene rings is 1. The van der Waals surface area contributed by atoms with Crippen LogP contribution in [-0.2, 0) is 11.3 Å². The smallest absolute Gasteiger partial charge is 0.255 e. The van der Waals surface area contributed by atoms with Crippen LogP contribution in [0.2, 0.25) is 5.02 Å². The monoisotopic (exact) mass is 500 g/mol. The van der Waals surface area contributed by atoms with Crippen molar-refractivity contribution in [2.75, 3.05) is 5.32 Å². The molecule has 2 aromatic heterocycles. The lowest BCUT2D eigenvalue weighted by Crippen LogP contribution is -2.48. The number of amides is 2. The number of halogens is 2. The van der Waals surface area contributed by atoms with Gasteiger partial charge >= 0.3 is 0 Å². The summed E-state index contributed by atoms with van der Waals surface area (Å²) in [7, 11) is 0. The van der Waals surface area contributed by atoms with Crippen molar-refractivity contribution in [3.05, 3.63) is 76.0 Å². The zero-order chi connectivity index (χ0) is 21.8. The molecule has 0 radical (unpaired) electrons. The number of carbonyl (C=O) groups excluding carboxylic acids is 2. The number of nitrogens with zero attached hydrogens (tertiary/aromatic N) is 3. The van der Waals surface area contributed by atoms with E-state index < -0.39 is 5.54 Å². The average Bonchev–Trinajstić information content (AvgIpc) is 3.56. The molecule has 2 heterocycles. The van der Waals surface area contributed by atoms with E-state index in [0.717, 1.165) is 15.8 Å². The highest BCUT2D eigenvalue weighted by Gasteiger charge is 2.51. The van der Waals surface area contributed by atoms with Crippen molar-refractivity contribution in [1.82, 2.24) is 25.6 Å². The number of pyridine rings is 1. The van der Waals surface area contributed by atoms with Crippen LogP contribution in [0.1, 0.15) is 28.9 Å². The summed E-state index contributed by atoms with van der Waals surface area (Å²) in [4.78, 5) is 37.0. The van der Waals surface area contributed by atoms with Crippen LogP contribution in [0.4, 0.5) is 11.4 Å². The fourth-order valence-electron chi connectivity index (χ4n) is 2.93. The van der Waals surface area contributed by atoms with E-state index in [9.17, 15) is 9.59 Å². The largest absolute Gasteiger partial charge is 0.353 e. The third-order valence-corrected chi connectivity index (χ3v) is 5.63. The van der Waals surface area contributed by atoms with E-state index in [0.29, 0.717) is 29.1 Å². The van der Waals surface area contributed by atoms with Gasteiger partial charge in [-0.05, 0) is 43.2 Å². The van der Waals surface area contributed by atoms with Crippen molar-refractivity contribution in [2.24, 2.45) is 0 Å². The van der Waals surface area contributed by atoms with Crippen molar-refractivity contribution < 1.29 is 9.59 Å². The number of aromatic nitrogens is 3. The fourth-order valence-corrected chi connectivity index (χ4v) is 3.65. The minimum absolute atomic E-state index is 0.233. The van der Waals surface area contributed by atoms with Gasteiger partial charge in [-0.3, -0.25) is 14.6 Å². The molecule has 8 nitrogen and oxygen atoms in total. The SMILES string of the molecule is O=C(NC1(C(=O)NCc2ccc(Nc3ccc(Br)cc3Cl)cn2)CC1)c1cncnc1. The third-order valence-electron chi connectivity index (χ3n) is 4.83. The van der Waals surface area contributed by atoms with Crippen molar-refractivity contribution >= 4 is 50.7 Å². The molecule has 0 spiro atoms. The van der Waals surface area contributed by atoms with Crippen LogP contribution in [0.3, 0.4) is 0 Å². The van der Waals surface area contributed by atoms with E-state index in [1.165, 1.54) is 18.7 Å². The Bertz CT molecular complexity index is 1110. The quantitative estimate of drug-likeness (QED) is 0.456. The first kappa shape index (κ1) is 21.2. The predicted octanol–water partition coefficient (Wildman–Crippen LogP) is 3.61. The van der Waals surface area contributed by atoms with Crippen molar-refractivity contribution in [3.8, 4) is 0 Å². The Kier molecular flexibility index (Phi) is 6.15. The van der Waals surface area contributed by atoms with Gasteiger partial charge in [0.1, 0.15) is 11.9 Å². The van der Waals surface area contributed by atoms with Crippen LogP contribution in [0.5, 0.6) is 0 Å². The lowest BCUT2D eigenvalue weighted by atomic mass is 10.2. The molecule has 4 rings (SSSR count). The number of rotatable bonds is 7. The van der Waals surface area contributed by atoms with Gasteiger partial charge in [-0.2, -0.15) is 0 Å². The van der Waals surface area contributed by atoms with Crippen LogP contribution in [0.25, 0.3) is 0 Å². The number of hydrogen-bond donors (Lipinski definition) is 3. The molecule has 1 fully saturated rings. The first-order valence-electron chi connectivity index (χ1n) is 9.48. The van der Waals surface area contributed by atoms with Gasteiger partial charge < -0.3 is 16.0 Å². The van der Waals surface area contributed by atoms with Crippen LogP contribution in [-0.4, -0.2) is 32.3 Å². The molecule has 0 saturated heterocycles. The Labute approximate surface area is 192 Å². The highest BCUT2D eigenvalue weighted by molar-refractivity contribution is 9.10. The maximum Gasteiger partial charge on any atom is 0.255 e. The molecule has 3 aromatic rings. The third kappa shape index (κ3) is 5.18. The lowest BCUT2D eigenvalue weighted by Gasteiger charge is -2.17. The summed E-state index contributed by atoms with van der Waals surface area (Å²) in [6.45, 7) is 0.254. The van der Waals surface area contributed by atoms with Crippen molar-refractivity contribution in [2.45, 2.75) is 24.9 Å². The molecule has 158 valence electrons. The van der Waals surface area contributed by atoms with Gasteiger partial charge in [0.2, 0.25) is 5.91 Å². The molecule has 1 aliphatic carbocycles. The molecule has 0 unspecified atom stereocenters. The summed E-state index contributed by atoms with van der Waals surface area (Å²) >= 11 is 9.60. The number of hydrogen-bond acceptors (Lipinski definition) is 6. The molecule has 0 aliphatic heterocycles. The standard InChI is InChI=1S/C21H18BrClN6O2/c22-14-1-4-18(17(23)7-14)28-16-3-2-15(26-11-16)10-27-20(31)21(5-6-21)29-19(30)13-8-24-12-25-9-13/h1-4,7-9,11-12,28H,5-6,10H2,(H,27,31)(H,29,30). The molecule has 10 heteroatoms. The van der Waals surface area contributed by atoms with Crippen LogP contribution in [0.15, 0.2) is 59.7 Å². The van der Waals surface area contributed by atoms with Gasteiger partial charge in [-0.15, -0.1) is 0 Å². The molecule has 0 bridgehead atoms. The molecular formula is C21H18BrClN6O2. The second kappa shape index (κ2) is 8.99. The van der Waals surface area contributed by atoms with Crippen molar-refractivity contribution in [3.63, 3.8) is 0 Å². The van der Waals surface area contributed by atoms with E-state index >= 15 is 0 Å². The van der Waals surface area contributed by atoms with E-state index in [1.54, 1.807) is 12.3 Å². The van der Waals surface area contributed by atoms with E-state index in [4.69, 9.17) is 11.6 Å². The Hall–Kier alpha value is -3.04. The second-order valence-corrected chi connectivity index (χ2v) is 8.46. The minimum Gasteiger partial charge on any atom is -0.353 e. The normalized spacial score (nSPS) is 13.9.